The minimum Gasteiger partial charge on any atom is -0.422 e. The standard InChI is InChI=1S/C27H27F6N9O3/c1-36-6-20(43)45-19-4-15(28)14(3-16(19)29)17-2-13(7-41-12-40-21-24(34)38-11-39-25(21)41)18(5-37-17)42-9-26(35,22(44)23(30)31)8-27(32,33)10-42/h2-5,11-12,22-23,36,44H,6-10,35H2,1H3,(H2,34,38,39)/t22-,26-/m1/s1. The number of nitrogen functional groups attached to an aromatic ring is 1. The third kappa shape index (κ3) is 6.47. The number of likely N-dealkylation sites (N-methyl/N-ethyl adjacent to an activating group) is 1. The number of aliphatic hydroxyl groups is 1. The van der Waals surface area contributed by atoms with E-state index in [1.807, 2.05) is 0 Å². The van der Waals surface area contributed by atoms with Gasteiger partial charge in [0.05, 0.1) is 49.1 Å². The molecule has 2 atom stereocenters. The fourth-order valence-corrected chi connectivity index (χ4v) is 5.26. The van der Waals surface area contributed by atoms with E-state index in [4.69, 9.17) is 16.2 Å². The third-order valence-electron chi connectivity index (χ3n) is 7.24. The fraction of sp³-hybridized carbons (Fsp3) is 0.370. The Morgan fingerprint density at radius 2 is 1.89 bits per heavy atom. The molecule has 0 amide bonds. The van der Waals surface area contributed by atoms with Crippen LogP contribution >= 0.6 is 0 Å². The second-order valence-electron chi connectivity index (χ2n) is 10.7. The van der Waals surface area contributed by atoms with Crippen LogP contribution in [0.4, 0.5) is 37.8 Å². The van der Waals surface area contributed by atoms with E-state index in [1.165, 1.54) is 30.3 Å². The highest BCUT2D eigenvalue weighted by atomic mass is 19.3. The molecule has 4 heterocycles. The van der Waals surface area contributed by atoms with Gasteiger partial charge in [0.1, 0.15) is 23.8 Å². The Balaban J connectivity index is 1.60. The summed E-state index contributed by atoms with van der Waals surface area (Å²) in [7, 11) is 1.46. The Labute approximate surface area is 251 Å². The molecule has 12 nitrogen and oxygen atoms in total. The number of hydrogen-bond donors (Lipinski definition) is 4. The van der Waals surface area contributed by atoms with Crippen molar-refractivity contribution in [2.75, 3.05) is 37.3 Å². The Kier molecular flexibility index (Phi) is 8.56. The Morgan fingerprint density at radius 1 is 1.13 bits per heavy atom. The number of anilines is 2. The molecule has 1 saturated heterocycles. The van der Waals surface area contributed by atoms with Gasteiger partial charge in [-0.15, -0.1) is 0 Å². The molecule has 3 aromatic heterocycles. The number of piperidine rings is 1. The average molecular weight is 640 g/mol. The van der Waals surface area contributed by atoms with Crippen molar-refractivity contribution in [3.8, 4) is 17.0 Å². The highest BCUT2D eigenvalue weighted by Gasteiger charge is 2.53. The number of carbonyl (C=O) groups excluding carboxylic acids is 1. The van der Waals surface area contributed by atoms with E-state index < -0.39 is 66.9 Å². The zero-order valence-corrected chi connectivity index (χ0v) is 23.5. The number of nitrogens with one attached hydrogen (secondary N) is 1. The van der Waals surface area contributed by atoms with Gasteiger partial charge in [0.15, 0.2) is 23.0 Å². The monoisotopic (exact) mass is 639 g/mol. The van der Waals surface area contributed by atoms with Gasteiger partial charge in [-0.25, -0.2) is 41.3 Å². The summed E-state index contributed by atoms with van der Waals surface area (Å²) >= 11 is 0. The Hall–Kier alpha value is -4.55. The molecule has 1 aliphatic heterocycles. The Morgan fingerprint density at radius 3 is 2.60 bits per heavy atom. The van der Waals surface area contributed by atoms with Crippen molar-refractivity contribution in [2.45, 2.75) is 37.0 Å². The number of hydrogen-bond acceptors (Lipinski definition) is 11. The molecular weight excluding hydrogens is 612 g/mol. The number of carbonyl (C=O) groups is 1. The zero-order valence-electron chi connectivity index (χ0n) is 23.5. The second-order valence-corrected chi connectivity index (χ2v) is 10.7. The minimum absolute atomic E-state index is 0.0169. The van der Waals surface area contributed by atoms with E-state index in [-0.39, 0.29) is 52.6 Å². The first-order valence-electron chi connectivity index (χ1n) is 13.3. The predicted octanol–water partition coefficient (Wildman–Crippen LogP) is 2.09. The molecule has 0 aliphatic carbocycles. The molecule has 0 spiro atoms. The molecule has 1 aromatic carbocycles. The molecule has 0 unspecified atom stereocenters. The Bertz CT molecular complexity index is 1740. The summed E-state index contributed by atoms with van der Waals surface area (Å²) in [6.45, 7) is -2.01. The summed E-state index contributed by atoms with van der Waals surface area (Å²) in [4.78, 5) is 29.1. The lowest BCUT2D eigenvalue weighted by molar-refractivity contribution is -0.133. The second kappa shape index (κ2) is 12.1. The smallest absolute Gasteiger partial charge is 0.325 e. The molecule has 1 fully saturated rings. The number of halogens is 6. The van der Waals surface area contributed by atoms with E-state index in [9.17, 15) is 31.9 Å². The van der Waals surface area contributed by atoms with Crippen LogP contribution in [0.25, 0.3) is 22.4 Å². The number of benzene rings is 1. The molecule has 4 aromatic rings. The topological polar surface area (TPSA) is 170 Å². The number of fused-ring (bicyclic) bond motifs is 1. The van der Waals surface area contributed by atoms with Crippen molar-refractivity contribution >= 4 is 28.6 Å². The largest absolute Gasteiger partial charge is 0.422 e. The van der Waals surface area contributed by atoms with E-state index >= 15 is 4.39 Å². The summed E-state index contributed by atoms with van der Waals surface area (Å²) in [5.74, 6) is -7.17. The van der Waals surface area contributed by atoms with Crippen LogP contribution in [0, 0.1) is 11.6 Å². The molecule has 0 bridgehead atoms. The van der Waals surface area contributed by atoms with Crippen molar-refractivity contribution in [2.24, 2.45) is 5.73 Å². The van der Waals surface area contributed by atoms with Gasteiger partial charge in [-0.1, -0.05) is 0 Å². The van der Waals surface area contributed by atoms with Crippen LogP contribution in [0.15, 0.2) is 37.1 Å². The van der Waals surface area contributed by atoms with Crippen molar-refractivity contribution in [3.63, 3.8) is 0 Å². The zero-order chi connectivity index (χ0) is 32.7. The number of pyridine rings is 1. The van der Waals surface area contributed by atoms with Crippen LogP contribution in [0.5, 0.6) is 5.75 Å². The summed E-state index contributed by atoms with van der Waals surface area (Å²) in [5.41, 5.74) is 9.56. The first-order valence-corrected chi connectivity index (χ1v) is 13.3. The molecule has 6 N–H and O–H groups in total. The molecule has 18 heteroatoms. The lowest BCUT2D eigenvalue weighted by atomic mass is 9.82. The molecule has 0 radical (unpaired) electrons. The molecule has 5 rings (SSSR count). The molecule has 0 saturated carbocycles. The maximum absolute atomic E-state index is 15.3. The lowest BCUT2D eigenvalue weighted by Gasteiger charge is -2.47. The molecule has 240 valence electrons. The third-order valence-corrected chi connectivity index (χ3v) is 7.24. The van der Waals surface area contributed by atoms with Crippen LogP contribution in [-0.4, -0.2) is 86.3 Å². The fourth-order valence-electron chi connectivity index (χ4n) is 5.26. The van der Waals surface area contributed by atoms with Crippen molar-refractivity contribution in [3.05, 3.63) is 54.2 Å². The van der Waals surface area contributed by atoms with E-state index in [0.717, 1.165) is 17.2 Å². The number of alkyl halides is 4. The first-order chi connectivity index (χ1) is 21.2. The molecule has 1 aliphatic rings. The van der Waals surface area contributed by atoms with Crippen molar-refractivity contribution in [1.82, 2.24) is 29.8 Å². The van der Waals surface area contributed by atoms with Crippen LogP contribution in [0.2, 0.25) is 0 Å². The van der Waals surface area contributed by atoms with Gasteiger partial charge in [-0.3, -0.25) is 9.78 Å². The highest BCUT2D eigenvalue weighted by Crippen LogP contribution is 2.39. The van der Waals surface area contributed by atoms with Gasteiger partial charge in [0.25, 0.3) is 12.3 Å². The maximum Gasteiger partial charge on any atom is 0.325 e. The summed E-state index contributed by atoms with van der Waals surface area (Å²) < 4.78 is 93.3. The molecule has 45 heavy (non-hydrogen) atoms. The number of nitrogens with zero attached hydrogens (tertiary/aromatic N) is 6. The number of aromatic nitrogens is 5. The number of imidazole rings is 1. The van der Waals surface area contributed by atoms with Gasteiger partial charge in [-0.05, 0) is 24.7 Å². The first kappa shape index (κ1) is 31.9. The maximum atomic E-state index is 15.3. The number of nitrogens with two attached hydrogens (primary N) is 2. The van der Waals surface area contributed by atoms with Crippen molar-refractivity contribution < 1.29 is 41.0 Å². The summed E-state index contributed by atoms with van der Waals surface area (Å²) in [5, 5.41) is 12.6. The van der Waals surface area contributed by atoms with E-state index in [0.29, 0.717) is 6.07 Å². The number of rotatable bonds is 9. The predicted molar refractivity (Wildman–Crippen MR) is 149 cm³/mol. The van der Waals surface area contributed by atoms with Gasteiger partial charge < -0.3 is 36.1 Å². The normalized spacial score (nSPS) is 18.8. The van der Waals surface area contributed by atoms with Gasteiger partial charge in [0, 0.05) is 24.6 Å². The van der Waals surface area contributed by atoms with Crippen LogP contribution < -0.4 is 26.4 Å². The SMILES string of the molecule is CNCC(=O)Oc1cc(F)c(-c2cc(Cn3cnc4c(N)ncnc43)c(N3CC(F)(F)C[C@](N)([C@H](O)C(F)F)C3)cn2)cc1F. The van der Waals surface area contributed by atoms with E-state index in [1.54, 1.807) is 0 Å². The van der Waals surface area contributed by atoms with Gasteiger partial charge in [-0.2, -0.15) is 0 Å². The van der Waals surface area contributed by atoms with Gasteiger partial charge in [0.2, 0.25) is 0 Å². The molecular formula is C27H27F6N9O3. The quantitative estimate of drug-likeness (QED) is 0.120. The highest BCUT2D eigenvalue weighted by molar-refractivity contribution is 5.81. The summed E-state index contributed by atoms with van der Waals surface area (Å²) in [6, 6.07) is 2.70. The van der Waals surface area contributed by atoms with Crippen molar-refractivity contribution in [1.29, 1.82) is 0 Å². The minimum atomic E-state index is -3.60. The number of aliphatic hydroxyl groups excluding tert-OH is 1. The van der Waals surface area contributed by atoms with Crippen LogP contribution in [0.3, 0.4) is 0 Å². The average Bonchev–Trinajstić information content (AvgIpc) is 3.37. The van der Waals surface area contributed by atoms with E-state index in [2.05, 4.69) is 25.3 Å². The number of esters is 1. The number of ether oxygens (including phenoxy) is 1. The lowest BCUT2D eigenvalue weighted by Crippen LogP contribution is -2.68. The van der Waals surface area contributed by atoms with Gasteiger partial charge >= 0.3 is 5.97 Å². The van der Waals surface area contributed by atoms with Crippen LogP contribution in [0.1, 0.15) is 12.0 Å². The van der Waals surface area contributed by atoms with Crippen LogP contribution in [-0.2, 0) is 11.3 Å². The summed E-state index contributed by atoms with van der Waals surface area (Å²) in [6.07, 6.45) is -3.57.